The number of hydrogen-bond donors (Lipinski definition) is 1. The van der Waals surface area contributed by atoms with Crippen LogP contribution in [-0.2, 0) is 9.53 Å². The van der Waals surface area contributed by atoms with Crippen molar-refractivity contribution in [3.05, 3.63) is 63.1 Å². The fraction of sp³-hybridized carbons (Fsp3) is 0.375. The first kappa shape index (κ1) is 21.5. The van der Waals surface area contributed by atoms with Crippen LogP contribution in [0.2, 0.25) is 5.02 Å². The summed E-state index contributed by atoms with van der Waals surface area (Å²) in [5.74, 6) is -0.876. The van der Waals surface area contributed by atoms with Gasteiger partial charge in [-0.3, -0.25) is 4.79 Å². The molecule has 0 saturated heterocycles. The zero-order valence-corrected chi connectivity index (χ0v) is 18.6. The highest BCUT2D eigenvalue weighted by Crippen LogP contribution is 2.44. The number of aryl methyl sites for hydroxylation is 2. The quantitative estimate of drug-likeness (QED) is 0.608. The van der Waals surface area contributed by atoms with Crippen LogP contribution in [0, 0.1) is 26.6 Å². The molecule has 0 bridgehead atoms. The molecule has 2 aromatic rings. The van der Waals surface area contributed by atoms with Crippen molar-refractivity contribution < 1.29 is 19.0 Å². The normalized spacial score (nSPS) is 18.3. The van der Waals surface area contributed by atoms with Gasteiger partial charge in [0.2, 0.25) is 0 Å². The molecule has 0 aliphatic carbocycles. The van der Waals surface area contributed by atoms with Gasteiger partial charge in [-0.25, -0.2) is 4.39 Å². The second-order valence-electron chi connectivity index (χ2n) is 8.69. The Morgan fingerprint density at radius 2 is 1.55 bits per heavy atom. The van der Waals surface area contributed by atoms with Gasteiger partial charge >= 0.3 is 0 Å². The number of ketones is 1. The van der Waals surface area contributed by atoms with Crippen molar-refractivity contribution in [2.24, 2.45) is 0 Å². The van der Waals surface area contributed by atoms with Crippen LogP contribution in [-0.4, -0.2) is 22.1 Å². The molecule has 0 saturated carbocycles. The van der Waals surface area contributed by atoms with Crippen LogP contribution in [0.4, 0.5) is 4.39 Å². The third-order valence-corrected chi connectivity index (χ3v) is 5.83. The van der Waals surface area contributed by atoms with Crippen LogP contribution in [0.5, 0.6) is 0 Å². The molecule has 0 aromatic heterocycles. The molecule has 0 radical (unpaired) electrons. The zero-order valence-electron chi connectivity index (χ0n) is 17.8. The van der Waals surface area contributed by atoms with E-state index < -0.39 is 17.0 Å². The number of Topliss-reactive ketones (excluding diaryl/α,β-unsaturated/α-hetero) is 1. The Balaban J connectivity index is 2.36. The molecule has 5 heteroatoms. The Hall–Kier alpha value is -2.17. The number of ether oxygens (including phenoxy) is 1. The van der Waals surface area contributed by atoms with E-state index in [-0.39, 0.29) is 22.1 Å². The summed E-state index contributed by atoms with van der Waals surface area (Å²) in [6.45, 7) is 12.6. The highest BCUT2D eigenvalue weighted by Gasteiger charge is 2.47. The topological polar surface area (TPSA) is 46.5 Å². The van der Waals surface area contributed by atoms with Crippen molar-refractivity contribution in [3.63, 3.8) is 0 Å². The minimum atomic E-state index is -1.08. The van der Waals surface area contributed by atoms with Gasteiger partial charge in [0.25, 0.3) is 0 Å². The monoisotopic (exact) mass is 416 g/mol. The number of halogens is 2. The van der Waals surface area contributed by atoms with Gasteiger partial charge in [0, 0.05) is 0 Å². The molecule has 3 rings (SSSR count). The Kier molecular flexibility index (Phi) is 5.17. The molecular weight excluding hydrogens is 391 g/mol. The molecule has 0 amide bonds. The molecule has 0 spiro atoms. The summed E-state index contributed by atoms with van der Waals surface area (Å²) < 4.78 is 20.0. The first-order valence-electron chi connectivity index (χ1n) is 9.53. The third-order valence-electron chi connectivity index (χ3n) is 5.52. The van der Waals surface area contributed by atoms with Crippen LogP contribution in [0.15, 0.2) is 30.0 Å². The largest absolute Gasteiger partial charge is 0.508 e. The molecule has 3 nitrogen and oxygen atoms in total. The van der Waals surface area contributed by atoms with E-state index in [1.807, 2.05) is 26.8 Å². The van der Waals surface area contributed by atoms with Gasteiger partial charge in [0.1, 0.15) is 22.8 Å². The first-order valence-corrected chi connectivity index (χ1v) is 9.91. The summed E-state index contributed by atoms with van der Waals surface area (Å²) in [7, 11) is 0. The minimum absolute atomic E-state index is 0.0554. The van der Waals surface area contributed by atoms with E-state index in [0.29, 0.717) is 11.1 Å². The first-order chi connectivity index (χ1) is 13.3. The SMILES string of the molecule is Cc1cc(C)c(-c2ccc(Cl)c(F)c2)c(C)c1C1=C(O)C(C)(C)OC(C)(C)C1=O. The summed E-state index contributed by atoms with van der Waals surface area (Å²) in [4.78, 5) is 13.3. The van der Waals surface area contributed by atoms with Gasteiger partial charge in [-0.1, -0.05) is 23.7 Å². The summed E-state index contributed by atoms with van der Waals surface area (Å²) >= 11 is 5.85. The molecule has 1 N–H and O–H groups in total. The lowest BCUT2D eigenvalue weighted by Gasteiger charge is -2.41. The van der Waals surface area contributed by atoms with Crippen LogP contribution in [0.1, 0.15) is 49.9 Å². The molecule has 1 aliphatic rings. The maximum absolute atomic E-state index is 14.1. The molecule has 0 atom stereocenters. The summed E-state index contributed by atoms with van der Waals surface area (Å²) in [6.07, 6.45) is 0. The van der Waals surface area contributed by atoms with E-state index >= 15 is 0 Å². The van der Waals surface area contributed by atoms with Crippen LogP contribution in [0.25, 0.3) is 16.7 Å². The maximum atomic E-state index is 14.1. The number of carbonyl (C=O) groups excluding carboxylic acids is 1. The molecule has 1 heterocycles. The molecule has 0 fully saturated rings. The second-order valence-corrected chi connectivity index (χ2v) is 9.10. The molecule has 29 heavy (non-hydrogen) atoms. The van der Waals surface area contributed by atoms with Crippen LogP contribution in [0.3, 0.4) is 0 Å². The summed E-state index contributed by atoms with van der Waals surface area (Å²) in [5, 5.41) is 11.0. The van der Waals surface area contributed by atoms with Gasteiger partial charge in [-0.2, -0.15) is 0 Å². The number of aliphatic hydroxyl groups is 1. The molecule has 2 aromatic carbocycles. The summed E-state index contributed by atoms with van der Waals surface area (Å²) in [6, 6.07) is 6.62. The predicted molar refractivity (Wildman–Crippen MR) is 115 cm³/mol. The number of benzene rings is 2. The standard InChI is InChI=1S/C24H26ClFO3/c1-12-10-13(2)19(14(3)18(12)15-8-9-16(25)17(26)11-15)20-21(27)23(4,5)29-24(6,7)22(20)28/h8-11,27H,1-7H3. The van der Waals surface area contributed by atoms with E-state index in [2.05, 4.69) is 0 Å². The average Bonchev–Trinajstić information content (AvgIpc) is 2.58. The van der Waals surface area contributed by atoms with Crippen molar-refractivity contribution in [2.75, 3.05) is 0 Å². The van der Waals surface area contributed by atoms with Gasteiger partial charge < -0.3 is 9.84 Å². The van der Waals surface area contributed by atoms with Gasteiger partial charge in [-0.15, -0.1) is 0 Å². The highest BCUT2D eigenvalue weighted by molar-refractivity contribution is 6.30. The van der Waals surface area contributed by atoms with E-state index in [1.54, 1.807) is 33.8 Å². The molecule has 0 unspecified atom stereocenters. The van der Waals surface area contributed by atoms with Crippen LogP contribution < -0.4 is 0 Å². The van der Waals surface area contributed by atoms with E-state index in [0.717, 1.165) is 22.3 Å². The second kappa shape index (κ2) is 6.96. The molecule has 154 valence electrons. The Bertz CT molecular complexity index is 1060. The lowest BCUT2D eigenvalue weighted by Crippen LogP contribution is -2.49. The van der Waals surface area contributed by atoms with E-state index in [4.69, 9.17) is 16.3 Å². The van der Waals surface area contributed by atoms with Crippen molar-refractivity contribution >= 4 is 23.0 Å². The number of aliphatic hydroxyl groups excluding tert-OH is 1. The number of carbonyl (C=O) groups is 1. The van der Waals surface area contributed by atoms with Gasteiger partial charge in [0.15, 0.2) is 5.78 Å². The Labute approximate surface area is 176 Å². The van der Waals surface area contributed by atoms with Gasteiger partial charge in [-0.05, 0) is 94.0 Å². The minimum Gasteiger partial charge on any atom is -0.508 e. The summed E-state index contributed by atoms with van der Waals surface area (Å²) in [5.41, 5.74) is 2.92. The van der Waals surface area contributed by atoms with E-state index in [9.17, 15) is 14.3 Å². The van der Waals surface area contributed by atoms with Crippen molar-refractivity contribution in [1.29, 1.82) is 0 Å². The Morgan fingerprint density at radius 3 is 2.14 bits per heavy atom. The third kappa shape index (κ3) is 3.49. The average molecular weight is 417 g/mol. The van der Waals surface area contributed by atoms with Crippen LogP contribution >= 0.6 is 11.6 Å². The van der Waals surface area contributed by atoms with Gasteiger partial charge in [0.05, 0.1) is 10.6 Å². The molecular formula is C24H26ClFO3. The number of rotatable bonds is 2. The fourth-order valence-corrected chi connectivity index (χ4v) is 4.46. The molecule has 1 aliphatic heterocycles. The van der Waals surface area contributed by atoms with Crippen molar-refractivity contribution in [1.82, 2.24) is 0 Å². The Morgan fingerprint density at radius 1 is 0.966 bits per heavy atom. The smallest absolute Gasteiger partial charge is 0.198 e. The lowest BCUT2D eigenvalue weighted by atomic mass is 9.78. The number of hydrogen-bond acceptors (Lipinski definition) is 3. The van der Waals surface area contributed by atoms with Crippen molar-refractivity contribution in [3.8, 4) is 11.1 Å². The van der Waals surface area contributed by atoms with E-state index in [1.165, 1.54) is 12.1 Å². The lowest BCUT2D eigenvalue weighted by molar-refractivity contribution is -0.158. The highest BCUT2D eigenvalue weighted by atomic mass is 35.5. The zero-order chi connectivity index (χ0) is 21.9. The predicted octanol–water partition coefficient (Wildman–Crippen LogP) is 6.50. The maximum Gasteiger partial charge on any atom is 0.198 e. The van der Waals surface area contributed by atoms with Crippen molar-refractivity contribution in [2.45, 2.75) is 59.7 Å². The fourth-order valence-electron chi connectivity index (χ4n) is 4.34.